The van der Waals surface area contributed by atoms with E-state index in [1.165, 1.54) is 71.1 Å². The number of aromatic nitrogens is 1. The molecule has 3 atom stereocenters. The van der Waals surface area contributed by atoms with Crippen LogP contribution in [0.3, 0.4) is 0 Å². The highest BCUT2D eigenvalue weighted by molar-refractivity contribution is 7.13. The van der Waals surface area contributed by atoms with E-state index in [1.807, 2.05) is 0 Å². The van der Waals surface area contributed by atoms with Crippen molar-refractivity contribution in [1.29, 1.82) is 0 Å². The molecule has 1 aliphatic carbocycles. The van der Waals surface area contributed by atoms with E-state index >= 15 is 0 Å². The molecule has 0 radical (unpaired) electrons. The number of hydrogen-bond acceptors (Lipinski definition) is 4. The Kier molecular flexibility index (Phi) is 7.26. The Hall–Kier alpha value is -6.95. The van der Waals surface area contributed by atoms with E-state index in [-0.39, 0.29) is 12.2 Å². The Balaban J connectivity index is 1.08. The van der Waals surface area contributed by atoms with E-state index in [0.717, 1.165) is 21.3 Å². The van der Waals surface area contributed by atoms with Crippen molar-refractivity contribution in [3.05, 3.63) is 215 Å². The fraction of sp³-hybridized carbons (Fsp3) is 0.0577. The van der Waals surface area contributed by atoms with E-state index in [0.29, 0.717) is 5.92 Å². The van der Waals surface area contributed by atoms with Crippen molar-refractivity contribution in [2.75, 3.05) is 4.90 Å². The van der Waals surface area contributed by atoms with Crippen LogP contribution >= 0.6 is 11.3 Å². The molecule has 5 heteroatoms. The largest absolute Gasteiger partial charge is 0.345 e. The zero-order valence-corrected chi connectivity index (χ0v) is 31.8. The molecule has 0 spiro atoms. The highest BCUT2D eigenvalue weighted by Crippen LogP contribution is 2.49. The molecule has 270 valence electrons. The number of rotatable bonds is 5. The van der Waals surface area contributed by atoms with Crippen LogP contribution < -0.4 is 20.1 Å². The lowest BCUT2D eigenvalue weighted by molar-refractivity contribution is 0.620. The number of nitrogens with zero attached hydrogens (tertiary/aromatic N) is 3. The summed E-state index contributed by atoms with van der Waals surface area (Å²) in [4.78, 5) is 9.04. The molecule has 12 rings (SSSR count). The second kappa shape index (κ2) is 12.8. The zero-order valence-electron chi connectivity index (χ0n) is 31.0. The summed E-state index contributed by atoms with van der Waals surface area (Å²) in [6.45, 7) is 0. The third-order valence-corrected chi connectivity index (χ3v) is 13.1. The Morgan fingerprint density at radius 2 is 1.32 bits per heavy atom. The average Bonchev–Trinajstić information content (AvgIpc) is 3.97. The number of para-hydroxylation sites is 1. The molecule has 3 aliphatic rings. The van der Waals surface area contributed by atoms with E-state index in [1.54, 1.807) is 11.3 Å². The van der Waals surface area contributed by atoms with Crippen LogP contribution in [0.2, 0.25) is 0 Å². The van der Waals surface area contributed by atoms with Gasteiger partial charge < -0.3 is 10.2 Å². The summed E-state index contributed by atoms with van der Waals surface area (Å²) < 4.78 is 3.62. The Morgan fingerprint density at radius 1 is 0.579 bits per heavy atom. The number of fused-ring (bicyclic) bond motifs is 9. The summed E-state index contributed by atoms with van der Waals surface area (Å²) in [5.41, 5.74) is 11.0. The normalized spacial score (nSPS) is 18.1. The van der Waals surface area contributed by atoms with Gasteiger partial charge in [0, 0.05) is 38.3 Å². The minimum Gasteiger partial charge on any atom is -0.345 e. The molecule has 0 fully saturated rings. The predicted octanol–water partition coefficient (Wildman–Crippen LogP) is 11.6. The standard InChI is InChI=1S/C52H36N4S/c1-4-15-34(16-5-1)48-32-44-50(57-48)52(54-51(53-44)35-17-6-2-7-18-35)56-47-29-26-37(31-43(47)41-27-24-33-14-10-11-21-39(33)49(41)56)36-25-28-46-42(30-36)40-22-12-13-23-45(40)55(46)38-19-8-3-9-20-38/h1-32,40,45,51,54H. The average molecular weight is 749 g/mol. The number of thiophene rings is 1. The van der Waals surface area contributed by atoms with Crippen molar-refractivity contribution in [3.63, 3.8) is 0 Å². The van der Waals surface area contributed by atoms with Crippen LogP contribution in [-0.4, -0.2) is 10.6 Å². The number of anilines is 2. The van der Waals surface area contributed by atoms with Gasteiger partial charge in [0.05, 0.1) is 27.0 Å². The smallest absolute Gasteiger partial charge is 0.146 e. The van der Waals surface area contributed by atoms with E-state index in [9.17, 15) is 0 Å². The highest BCUT2D eigenvalue weighted by atomic mass is 32.1. The first-order valence-electron chi connectivity index (χ1n) is 19.7. The number of allylic oxidation sites excluding steroid dienone is 2. The van der Waals surface area contributed by atoms with Crippen LogP contribution in [0.15, 0.2) is 199 Å². The minimum atomic E-state index is -0.233. The first-order valence-corrected chi connectivity index (χ1v) is 20.5. The Labute approximate surface area is 334 Å². The molecule has 4 heterocycles. The molecule has 2 aromatic heterocycles. The first kappa shape index (κ1) is 32.3. The molecule has 2 aliphatic heterocycles. The van der Waals surface area contributed by atoms with Crippen molar-refractivity contribution in [1.82, 2.24) is 9.88 Å². The second-order valence-electron chi connectivity index (χ2n) is 15.1. The molecule has 1 N–H and O–H groups in total. The summed E-state index contributed by atoms with van der Waals surface area (Å²) in [5.74, 6) is 1.35. The van der Waals surface area contributed by atoms with Crippen LogP contribution in [0, 0.1) is 0 Å². The van der Waals surface area contributed by atoms with Gasteiger partial charge in [-0.25, -0.2) is 0 Å². The van der Waals surface area contributed by atoms with Crippen molar-refractivity contribution in [3.8, 4) is 21.6 Å². The molecule has 0 bridgehead atoms. The number of hydrogen-bond donors (Lipinski definition) is 1. The third-order valence-electron chi connectivity index (χ3n) is 11.9. The molecule has 0 saturated carbocycles. The molecular formula is C52H36N4S. The summed E-state index contributed by atoms with van der Waals surface area (Å²) in [6.07, 6.45) is 8.86. The summed E-state index contributed by atoms with van der Waals surface area (Å²) in [7, 11) is 0. The number of nitrogens with one attached hydrogen (secondary N) is 1. The monoisotopic (exact) mass is 748 g/mol. The van der Waals surface area contributed by atoms with Crippen LogP contribution in [0.4, 0.5) is 11.4 Å². The van der Waals surface area contributed by atoms with Gasteiger partial charge in [-0.2, -0.15) is 0 Å². The van der Waals surface area contributed by atoms with Gasteiger partial charge in [0.1, 0.15) is 12.0 Å². The van der Waals surface area contributed by atoms with Gasteiger partial charge in [0.2, 0.25) is 0 Å². The van der Waals surface area contributed by atoms with Crippen molar-refractivity contribution >= 4 is 61.1 Å². The minimum absolute atomic E-state index is 0.233. The molecule has 57 heavy (non-hydrogen) atoms. The quantitative estimate of drug-likeness (QED) is 0.190. The molecule has 3 unspecified atom stereocenters. The van der Waals surface area contributed by atoms with Crippen molar-refractivity contribution in [2.45, 2.75) is 18.1 Å². The first-order chi connectivity index (χ1) is 28.3. The molecule has 0 amide bonds. The fourth-order valence-corrected chi connectivity index (χ4v) is 10.4. The molecule has 0 saturated heterocycles. The summed E-state index contributed by atoms with van der Waals surface area (Å²) in [6, 6.07) is 62.1. The SMILES string of the molecule is C1=CC2c3cc(-c4ccc5c(c4)c4ccc6ccccc6c4n5C4=c5sc(-c6ccccc6)cc5=NC(c5ccccc5)N4)ccc3N(c3ccccc3)C2C=C1. The maximum absolute atomic E-state index is 5.33. The van der Waals surface area contributed by atoms with E-state index in [2.05, 4.69) is 209 Å². The third kappa shape index (κ3) is 5.09. The lowest BCUT2D eigenvalue weighted by atomic mass is 9.89. The van der Waals surface area contributed by atoms with E-state index in [4.69, 9.17) is 4.99 Å². The van der Waals surface area contributed by atoms with Gasteiger partial charge in [0.15, 0.2) is 0 Å². The molecule has 7 aromatic carbocycles. The van der Waals surface area contributed by atoms with Gasteiger partial charge in [0.25, 0.3) is 0 Å². The molecule has 9 aromatic rings. The van der Waals surface area contributed by atoms with Crippen LogP contribution in [0.25, 0.3) is 60.0 Å². The van der Waals surface area contributed by atoms with Crippen molar-refractivity contribution < 1.29 is 0 Å². The second-order valence-corrected chi connectivity index (χ2v) is 16.2. The van der Waals surface area contributed by atoms with Gasteiger partial charge in [-0.3, -0.25) is 9.56 Å². The van der Waals surface area contributed by atoms with Crippen LogP contribution in [-0.2, 0) is 0 Å². The summed E-state index contributed by atoms with van der Waals surface area (Å²) >= 11 is 1.80. The van der Waals surface area contributed by atoms with E-state index < -0.39 is 0 Å². The highest BCUT2D eigenvalue weighted by Gasteiger charge is 2.37. The fourth-order valence-electron chi connectivity index (χ4n) is 9.32. The molecule has 4 nitrogen and oxygen atoms in total. The maximum atomic E-state index is 5.33. The lowest BCUT2D eigenvalue weighted by Crippen LogP contribution is -2.39. The Morgan fingerprint density at radius 3 is 2.18 bits per heavy atom. The van der Waals surface area contributed by atoms with Gasteiger partial charge in [-0.1, -0.05) is 152 Å². The predicted molar refractivity (Wildman–Crippen MR) is 237 cm³/mol. The maximum Gasteiger partial charge on any atom is 0.146 e. The lowest BCUT2D eigenvalue weighted by Gasteiger charge is -2.28. The van der Waals surface area contributed by atoms with Crippen LogP contribution in [0.5, 0.6) is 0 Å². The topological polar surface area (TPSA) is 32.6 Å². The molecular weight excluding hydrogens is 713 g/mol. The van der Waals surface area contributed by atoms with Gasteiger partial charge in [-0.15, -0.1) is 11.3 Å². The van der Waals surface area contributed by atoms with Gasteiger partial charge >= 0.3 is 0 Å². The van der Waals surface area contributed by atoms with Gasteiger partial charge in [-0.05, 0) is 75.7 Å². The summed E-state index contributed by atoms with van der Waals surface area (Å²) in [5, 5.41) is 9.89. The number of benzene rings is 7. The van der Waals surface area contributed by atoms with Crippen molar-refractivity contribution in [2.24, 2.45) is 4.99 Å². The Bertz CT molecular complexity index is 3230. The zero-order chi connectivity index (χ0) is 37.5. The van der Waals surface area contributed by atoms with Crippen LogP contribution in [0.1, 0.15) is 23.2 Å².